The molecule has 30 heavy (non-hydrogen) atoms. The van der Waals surface area contributed by atoms with Crippen molar-refractivity contribution in [3.05, 3.63) is 64.7 Å². The molecule has 1 aliphatic heterocycles. The van der Waals surface area contributed by atoms with Gasteiger partial charge in [-0.15, -0.1) is 0 Å². The van der Waals surface area contributed by atoms with Crippen molar-refractivity contribution in [1.82, 2.24) is 0 Å². The molecule has 0 aliphatic carbocycles. The Kier molecular flexibility index (Phi) is 6.43. The Morgan fingerprint density at radius 3 is 2.13 bits per heavy atom. The first-order valence-electron chi connectivity index (χ1n) is 9.52. The Morgan fingerprint density at radius 1 is 1.03 bits per heavy atom. The lowest BCUT2D eigenvalue weighted by Gasteiger charge is -2.25. The Hall–Kier alpha value is -2.90. The molecule has 8 heteroatoms. The maximum absolute atomic E-state index is 12.5. The molecule has 0 radical (unpaired) electrons. The molecule has 2 aromatic rings. The van der Waals surface area contributed by atoms with Crippen LogP contribution in [0.4, 0.5) is 0 Å². The molecule has 158 valence electrons. The number of quaternary nitrogens is 1. The van der Waals surface area contributed by atoms with Gasteiger partial charge in [-0.1, -0.05) is 11.6 Å². The summed E-state index contributed by atoms with van der Waals surface area (Å²) in [6, 6.07) is 12.5. The number of esters is 1. The maximum atomic E-state index is 12.5. The molecule has 0 saturated carbocycles. The molecule has 1 heterocycles. The number of hydrogen-bond donors (Lipinski definition) is 2. The monoisotopic (exact) mass is 432 g/mol. The van der Waals surface area contributed by atoms with Crippen molar-refractivity contribution >= 4 is 29.3 Å². The number of carboxylic acid groups (broad SMARTS) is 1. The van der Waals surface area contributed by atoms with Crippen LogP contribution < -0.4 is 10.1 Å². The minimum atomic E-state index is -1.27. The third kappa shape index (κ3) is 5.17. The molecule has 0 spiro atoms. The molecule has 0 unspecified atom stereocenters. The number of halogens is 1. The molecule has 1 aliphatic rings. The lowest BCUT2D eigenvalue weighted by atomic mass is 10.0. The number of ketones is 1. The van der Waals surface area contributed by atoms with E-state index in [1.54, 1.807) is 67.7 Å². The number of carbonyl (C=O) groups is 3. The largest absolute Gasteiger partial charge is 0.477 e. The number of rotatable bonds is 7. The van der Waals surface area contributed by atoms with Crippen LogP contribution in [0.1, 0.15) is 36.2 Å². The van der Waals surface area contributed by atoms with Crippen molar-refractivity contribution in [3.63, 3.8) is 0 Å². The number of aliphatic carboxylic acids is 1. The molecule has 2 atom stereocenters. The number of hydrogen-bond acceptors (Lipinski definition) is 5. The van der Waals surface area contributed by atoms with Gasteiger partial charge in [-0.3, -0.25) is 4.79 Å². The second-order valence-electron chi connectivity index (χ2n) is 7.65. The van der Waals surface area contributed by atoms with Gasteiger partial charge in [-0.25, -0.2) is 9.59 Å². The van der Waals surface area contributed by atoms with Gasteiger partial charge in [0.05, 0.1) is 6.42 Å². The highest BCUT2D eigenvalue weighted by Crippen LogP contribution is 2.23. The van der Waals surface area contributed by atoms with E-state index in [0.29, 0.717) is 28.4 Å². The summed E-state index contributed by atoms with van der Waals surface area (Å²) in [6.07, 6.45) is -0.209. The zero-order valence-corrected chi connectivity index (χ0v) is 17.4. The first-order valence-corrected chi connectivity index (χ1v) is 9.90. The zero-order chi connectivity index (χ0) is 21.9. The highest BCUT2D eigenvalue weighted by molar-refractivity contribution is 6.30. The minimum absolute atomic E-state index is 0.151. The molecule has 0 amide bonds. The van der Waals surface area contributed by atoms with Gasteiger partial charge in [0, 0.05) is 16.1 Å². The van der Waals surface area contributed by atoms with E-state index in [2.05, 4.69) is 0 Å². The van der Waals surface area contributed by atoms with Gasteiger partial charge in [0.2, 0.25) is 0 Å². The average molecular weight is 433 g/mol. The SMILES string of the molecule is CC(C)(Oc1ccc(C(=O)c2ccc(Cl)cc2)cc1)C(=O)O[C@H]1C[NH2+][C@H](C(=O)O)C1. The van der Waals surface area contributed by atoms with Gasteiger partial charge in [-0.2, -0.15) is 0 Å². The summed E-state index contributed by atoms with van der Waals surface area (Å²) >= 11 is 5.85. The van der Waals surface area contributed by atoms with E-state index in [1.807, 2.05) is 0 Å². The standard InChI is InChI=1S/C22H22ClNO6/c1-22(2,21(28)29-17-11-18(20(26)27)24-12-17)30-16-9-5-14(6-10-16)19(25)13-3-7-15(23)8-4-13/h3-10,17-18,24H,11-12H2,1-2H3,(H,26,27)/p+1/t17-,18+/m1/s1. The molecule has 0 bridgehead atoms. The first kappa shape index (κ1) is 21.8. The fourth-order valence-electron chi connectivity index (χ4n) is 3.16. The lowest BCUT2D eigenvalue weighted by Crippen LogP contribution is -2.89. The van der Waals surface area contributed by atoms with E-state index in [-0.39, 0.29) is 12.2 Å². The van der Waals surface area contributed by atoms with E-state index in [1.165, 1.54) is 0 Å². The van der Waals surface area contributed by atoms with Crippen LogP contribution in [0.2, 0.25) is 5.02 Å². The van der Waals surface area contributed by atoms with Crippen LogP contribution in [-0.2, 0) is 14.3 Å². The summed E-state index contributed by atoms with van der Waals surface area (Å²) in [6.45, 7) is 3.56. The van der Waals surface area contributed by atoms with Crippen molar-refractivity contribution < 1.29 is 34.3 Å². The molecule has 3 N–H and O–H groups in total. The van der Waals surface area contributed by atoms with Crippen LogP contribution in [0.3, 0.4) is 0 Å². The van der Waals surface area contributed by atoms with Gasteiger partial charge >= 0.3 is 11.9 Å². The predicted octanol–water partition coefficient (Wildman–Crippen LogP) is 2.06. The van der Waals surface area contributed by atoms with E-state index < -0.39 is 29.7 Å². The number of carboxylic acids is 1. The summed E-state index contributed by atoms with van der Waals surface area (Å²) in [5, 5.41) is 11.2. The number of nitrogens with two attached hydrogens (primary N) is 1. The van der Waals surface area contributed by atoms with Crippen LogP contribution in [-0.4, -0.2) is 47.1 Å². The van der Waals surface area contributed by atoms with Gasteiger partial charge in [0.15, 0.2) is 23.5 Å². The predicted molar refractivity (Wildman–Crippen MR) is 109 cm³/mol. The van der Waals surface area contributed by atoms with Crippen molar-refractivity contribution in [3.8, 4) is 5.75 Å². The van der Waals surface area contributed by atoms with Gasteiger partial charge in [-0.05, 0) is 62.4 Å². The summed E-state index contributed by atoms with van der Waals surface area (Å²) < 4.78 is 11.2. The summed E-state index contributed by atoms with van der Waals surface area (Å²) in [4.78, 5) is 36.1. The lowest BCUT2D eigenvalue weighted by molar-refractivity contribution is -0.661. The Bertz CT molecular complexity index is 939. The third-order valence-corrected chi connectivity index (χ3v) is 5.13. The van der Waals surface area contributed by atoms with Crippen molar-refractivity contribution in [2.75, 3.05) is 6.54 Å². The fourth-order valence-corrected chi connectivity index (χ4v) is 3.29. The summed E-state index contributed by atoms with van der Waals surface area (Å²) in [7, 11) is 0. The van der Waals surface area contributed by atoms with Crippen molar-refractivity contribution in [1.29, 1.82) is 0 Å². The van der Waals surface area contributed by atoms with Crippen LogP contribution in [0, 0.1) is 0 Å². The summed E-state index contributed by atoms with van der Waals surface area (Å²) in [5.41, 5.74) is -0.278. The van der Waals surface area contributed by atoms with Gasteiger partial charge < -0.3 is 19.9 Å². The molecule has 1 saturated heterocycles. The van der Waals surface area contributed by atoms with E-state index in [9.17, 15) is 14.4 Å². The quantitative estimate of drug-likeness (QED) is 0.512. The van der Waals surface area contributed by atoms with E-state index >= 15 is 0 Å². The first-order chi connectivity index (χ1) is 14.2. The number of ether oxygens (including phenoxy) is 2. The normalized spacial score (nSPS) is 18.6. The van der Waals surface area contributed by atoms with E-state index in [4.69, 9.17) is 26.2 Å². The third-order valence-electron chi connectivity index (χ3n) is 4.88. The highest BCUT2D eigenvalue weighted by atomic mass is 35.5. The Morgan fingerprint density at radius 2 is 1.60 bits per heavy atom. The molecule has 2 aromatic carbocycles. The number of carbonyl (C=O) groups excluding carboxylic acids is 2. The number of benzene rings is 2. The molecular formula is C22H23ClNO6+. The second kappa shape index (κ2) is 8.85. The summed E-state index contributed by atoms with van der Waals surface area (Å²) in [5.74, 6) is -1.24. The smallest absolute Gasteiger partial charge is 0.362 e. The molecular weight excluding hydrogens is 410 g/mol. The zero-order valence-electron chi connectivity index (χ0n) is 16.6. The molecule has 0 aromatic heterocycles. The van der Waals surface area contributed by atoms with Crippen LogP contribution in [0.15, 0.2) is 48.5 Å². The molecule has 3 rings (SSSR count). The Labute approximate surface area is 178 Å². The average Bonchev–Trinajstić information content (AvgIpc) is 3.17. The fraction of sp³-hybridized carbons (Fsp3) is 0.318. The molecule has 7 nitrogen and oxygen atoms in total. The van der Waals surface area contributed by atoms with Gasteiger partial charge in [0.1, 0.15) is 12.3 Å². The van der Waals surface area contributed by atoms with Crippen molar-refractivity contribution in [2.45, 2.75) is 38.0 Å². The van der Waals surface area contributed by atoms with Crippen LogP contribution in [0.5, 0.6) is 5.75 Å². The van der Waals surface area contributed by atoms with Crippen LogP contribution in [0.25, 0.3) is 0 Å². The maximum Gasteiger partial charge on any atom is 0.362 e. The topological polar surface area (TPSA) is 107 Å². The highest BCUT2D eigenvalue weighted by Gasteiger charge is 2.40. The van der Waals surface area contributed by atoms with Crippen molar-refractivity contribution in [2.24, 2.45) is 0 Å². The van der Waals surface area contributed by atoms with E-state index in [0.717, 1.165) is 0 Å². The molecule has 1 fully saturated rings. The van der Waals surface area contributed by atoms with Crippen LogP contribution >= 0.6 is 11.6 Å². The minimum Gasteiger partial charge on any atom is -0.477 e. The second-order valence-corrected chi connectivity index (χ2v) is 8.09. The Balaban J connectivity index is 1.61. The van der Waals surface area contributed by atoms with Gasteiger partial charge in [0.25, 0.3) is 0 Å².